The number of carbonyl (C=O) groups excluding carboxylic acids is 2. The molecule has 1 aliphatic rings. The fourth-order valence-electron chi connectivity index (χ4n) is 2.84. The van der Waals surface area contributed by atoms with Crippen LogP contribution in [0.4, 0.5) is 10.1 Å². The van der Waals surface area contributed by atoms with E-state index >= 15 is 0 Å². The van der Waals surface area contributed by atoms with E-state index in [0.717, 1.165) is 5.69 Å². The van der Waals surface area contributed by atoms with Crippen LogP contribution in [0.1, 0.15) is 10.4 Å². The van der Waals surface area contributed by atoms with Crippen LogP contribution in [0.2, 0.25) is 0 Å². The number of nitrogens with one attached hydrogen (secondary N) is 1. The molecule has 0 radical (unpaired) electrons. The van der Waals surface area contributed by atoms with Crippen LogP contribution in [-0.2, 0) is 4.79 Å². The largest absolute Gasteiger partial charge is 0.336 e. The Labute approximate surface area is 146 Å². The molecule has 0 atom stereocenters. The molecule has 6 heteroatoms. The van der Waals surface area contributed by atoms with Gasteiger partial charge < -0.3 is 10.2 Å². The number of carbonyl (C=O) groups is 2. The number of amides is 2. The average molecular weight is 341 g/mol. The van der Waals surface area contributed by atoms with Crippen molar-refractivity contribution in [1.29, 1.82) is 0 Å². The van der Waals surface area contributed by atoms with E-state index in [-0.39, 0.29) is 18.4 Å². The molecule has 0 aromatic heterocycles. The van der Waals surface area contributed by atoms with E-state index in [0.29, 0.717) is 31.7 Å². The highest BCUT2D eigenvalue weighted by Crippen LogP contribution is 2.11. The number of nitrogens with zero attached hydrogens (tertiary/aromatic N) is 2. The van der Waals surface area contributed by atoms with E-state index in [1.165, 1.54) is 18.2 Å². The van der Waals surface area contributed by atoms with Gasteiger partial charge in [-0.05, 0) is 30.3 Å². The summed E-state index contributed by atoms with van der Waals surface area (Å²) < 4.78 is 13.3. The zero-order valence-corrected chi connectivity index (χ0v) is 13.8. The lowest BCUT2D eigenvalue weighted by atomic mass is 10.1. The molecule has 0 spiro atoms. The molecule has 0 saturated carbocycles. The summed E-state index contributed by atoms with van der Waals surface area (Å²) in [7, 11) is 0. The van der Waals surface area contributed by atoms with Crippen molar-refractivity contribution in [2.75, 3.05) is 38.0 Å². The van der Waals surface area contributed by atoms with E-state index in [1.54, 1.807) is 11.0 Å². The van der Waals surface area contributed by atoms with Crippen LogP contribution in [0, 0.1) is 5.82 Å². The molecule has 25 heavy (non-hydrogen) atoms. The van der Waals surface area contributed by atoms with Crippen molar-refractivity contribution in [3.05, 3.63) is 66.0 Å². The van der Waals surface area contributed by atoms with Crippen LogP contribution in [0.15, 0.2) is 54.6 Å². The highest BCUT2D eigenvalue weighted by Gasteiger charge is 2.23. The van der Waals surface area contributed by atoms with Gasteiger partial charge in [0.05, 0.1) is 6.54 Å². The Kier molecular flexibility index (Phi) is 5.40. The lowest BCUT2D eigenvalue weighted by Gasteiger charge is -2.34. The molecule has 1 saturated heterocycles. The first-order valence-electron chi connectivity index (χ1n) is 8.24. The zero-order chi connectivity index (χ0) is 17.6. The number of hydrogen-bond acceptors (Lipinski definition) is 3. The summed E-state index contributed by atoms with van der Waals surface area (Å²) in [6, 6.07) is 15.0. The van der Waals surface area contributed by atoms with Crippen LogP contribution in [-0.4, -0.2) is 54.3 Å². The fourth-order valence-corrected chi connectivity index (χ4v) is 2.84. The summed E-state index contributed by atoms with van der Waals surface area (Å²) in [6.07, 6.45) is 0. The molecule has 1 N–H and O–H groups in total. The third kappa shape index (κ3) is 4.64. The highest BCUT2D eigenvalue weighted by atomic mass is 19.1. The molecule has 3 rings (SSSR count). The summed E-state index contributed by atoms with van der Waals surface area (Å²) in [6.45, 7) is 2.56. The van der Waals surface area contributed by atoms with E-state index in [4.69, 9.17) is 0 Å². The third-order valence-electron chi connectivity index (χ3n) is 4.16. The molecular weight excluding hydrogens is 321 g/mol. The number of hydrogen-bond donors (Lipinski definition) is 1. The molecule has 1 heterocycles. The molecule has 130 valence electrons. The smallest absolute Gasteiger partial charge is 0.254 e. The van der Waals surface area contributed by atoms with Crippen LogP contribution < -0.4 is 5.32 Å². The van der Waals surface area contributed by atoms with Gasteiger partial charge in [0, 0.05) is 37.4 Å². The molecule has 1 aliphatic heterocycles. The predicted octanol–water partition coefficient (Wildman–Crippen LogP) is 2.22. The van der Waals surface area contributed by atoms with Crippen molar-refractivity contribution in [3.63, 3.8) is 0 Å². The first-order chi connectivity index (χ1) is 12.1. The SMILES string of the molecule is O=C(CN1CCN(C(=O)c2cccc(F)c2)CC1)Nc1ccccc1. The topological polar surface area (TPSA) is 52.7 Å². The van der Waals surface area contributed by atoms with E-state index in [1.807, 2.05) is 35.2 Å². The zero-order valence-electron chi connectivity index (χ0n) is 13.8. The summed E-state index contributed by atoms with van der Waals surface area (Å²) in [5.41, 5.74) is 1.13. The molecule has 2 amide bonds. The molecule has 2 aromatic carbocycles. The number of anilines is 1. The number of para-hydroxylation sites is 1. The maximum Gasteiger partial charge on any atom is 0.254 e. The summed E-state index contributed by atoms with van der Waals surface area (Å²) in [4.78, 5) is 28.2. The van der Waals surface area contributed by atoms with Crippen LogP contribution in [0.3, 0.4) is 0 Å². The summed E-state index contributed by atoms with van der Waals surface area (Å²) >= 11 is 0. The number of piperazine rings is 1. The van der Waals surface area contributed by atoms with Gasteiger partial charge in [0.2, 0.25) is 5.91 Å². The van der Waals surface area contributed by atoms with Crippen molar-refractivity contribution >= 4 is 17.5 Å². The molecule has 5 nitrogen and oxygen atoms in total. The van der Waals surface area contributed by atoms with Gasteiger partial charge in [0.25, 0.3) is 5.91 Å². The molecule has 0 bridgehead atoms. The second-order valence-electron chi connectivity index (χ2n) is 5.99. The third-order valence-corrected chi connectivity index (χ3v) is 4.16. The monoisotopic (exact) mass is 341 g/mol. The lowest BCUT2D eigenvalue weighted by Crippen LogP contribution is -2.50. The van der Waals surface area contributed by atoms with Gasteiger partial charge >= 0.3 is 0 Å². The summed E-state index contributed by atoms with van der Waals surface area (Å²) in [5, 5.41) is 2.85. The number of benzene rings is 2. The van der Waals surface area contributed by atoms with Gasteiger partial charge in [-0.1, -0.05) is 24.3 Å². The van der Waals surface area contributed by atoms with Gasteiger partial charge in [-0.2, -0.15) is 0 Å². The second-order valence-corrected chi connectivity index (χ2v) is 5.99. The average Bonchev–Trinajstić information content (AvgIpc) is 2.62. The molecule has 0 aliphatic carbocycles. The molecular formula is C19H20FN3O2. The van der Waals surface area contributed by atoms with Gasteiger partial charge in [0.1, 0.15) is 5.82 Å². The molecule has 2 aromatic rings. The van der Waals surface area contributed by atoms with Crippen LogP contribution >= 0.6 is 0 Å². The normalized spacial score (nSPS) is 15.0. The Hall–Kier alpha value is -2.73. The Balaban J connectivity index is 1.48. The van der Waals surface area contributed by atoms with E-state index in [2.05, 4.69) is 5.32 Å². The Morgan fingerprint density at radius 1 is 0.960 bits per heavy atom. The van der Waals surface area contributed by atoms with Crippen molar-refractivity contribution in [2.45, 2.75) is 0 Å². The Bertz CT molecular complexity index is 743. The molecule has 1 fully saturated rings. The highest BCUT2D eigenvalue weighted by molar-refractivity contribution is 5.94. The number of halogens is 1. The van der Waals surface area contributed by atoms with Gasteiger partial charge in [-0.25, -0.2) is 4.39 Å². The minimum atomic E-state index is -0.415. The quantitative estimate of drug-likeness (QED) is 0.928. The van der Waals surface area contributed by atoms with Crippen molar-refractivity contribution in [1.82, 2.24) is 9.80 Å². The van der Waals surface area contributed by atoms with Crippen molar-refractivity contribution in [2.24, 2.45) is 0 Å². The predicted molar refractivity (Wildman–Crippen MR) is 93.8 cm³/mol. The van der Waals surface area contributed by atoms with Crippen LogP contribution in [0.25, 0.3) is 0 Å². The van der Waals surface area contributed by atoms with Crippen molar-refractivity contribution in [3.8, 4) is 0 Å². The second kappa shape index (κ2) is 7.90. The van der Waals surface area contributed by atoms with E-state index in [9.17, 15) is 14.0 Å². The van der Waals surface area contributed by atoms with Gasteiger partial charge in [-0.3, -0.25) is 14.5 Å². The Morgan fingerprint density at radius 2 is 1.68 bits per heavy atom. The Morgan fingerprint density at radius 3 is 2.36 bits per heavy atom. The van der Waals surface area contributed by atoms with Crippen molar-refractivity contribution < 1.29 is 14.0 Å². The minimum absolute atomic E-state index is 0.0730. The first-order valence-corrected chi connectivity index (χ1v) is 8.24. The maximum atomic E-state index is 13.3. The lowest BCUT2D eigenvalue weighted by molar-refractivity contribution is -0.117. The maximum absolute atomic E-state index is 13.3. The van der Waals surface area contributed by atoms with E-state index < -0.39 is 5.82 Å². The molecule has 0 unspecified atom stereocenters. The number of rotatable bonds is 4. The summed E-state index contributed by atoms with van der Waals surface area (Å²) in [5.74, 6) is -0.661. The first kappa shape index (κ1) is 17.1. The van der Waals surface area contributed by atoms with Gasteiger partial charge in [-0.15, -0.1) is 0 Å². The fraction of sp³-hybridized carbons (Fsp3) is 0.263. The van der Waals surface area contributed by atoms with Gasteiger partial charge in [0.15, 0.2) is 0 Å². The minimum Gasteiger partial charge on any atom is -0.336 e. The van der Waals surface area contributed by atoms with Crippen LogP contribution in [0.5, 0.6) is 0 Å². The standard InChI is InChI=1S/C19H20FN3O2/c20-16-6-4-5-15(13-16)19(25)23-11-9-22(10-12-23)14-18(24)21-17-7-2-1-3-8-17/h1-8,13H,9-12,14H2,(H,21,24).